The van der Waals surface area contributed by atoms with E-state index in [9.17, 15) is 9.18 Å². The summed E-state index contributed by atoms with van der Waals surface area (Å²) in [6, 6.07) is 8.01. The van der Waals surface area contributed by atoms with E-state index in [0.29, 0.717) is 63.5 Å². The Morgan fingerprint density at radius 1 is 0.953 bits per heavy atom. The number of aromatic nitrogens is 7. The van der Waals surface area contributed by atoms with E-state index in [1.807, 2.05) is 25.1 Å². The van der Waals surface area contributed by atoms with Gasteiger partial charge in [-0.2, -0.15) is 5.10 Å². The van der Waals surface area contributed by atoms with Gasteiger partial charge >= 0.3 is 0 Å². The number of hydrogen-bond donors (Lipinski definition) is 4. The van der Waals surface area contributed by atoms with Crippen LogP contribution in [0, 0.1) is 11.6 Å². The van der Waals surface area contributed by atoms with Crippen LogP contribution in [0.15, 0.2) is 55.1 Å². The maximum atomic E-state index is 16.1. The first-order chi connectivity index (χ1) is 20.8. The summed E-state index contributed by atoms with van der Waals surface area (Å²) in [5.41, 5.74) is 4.23. The zero-order valence-corrected chi connectivity index (χ0v) is 23.7. The Balaban J connectivity index is 1.40. The summed E-state index contributed by atoms with van der Waals surface area (Å²) in [6.07, 6.45) is 6.34. The van der Waals surface area contributed by atoms with E-state index in [2.05, 4.69) is 40.8 Å². The third-order valence-corrected chi connectivity index (χ3v) is 6.85. The Labute approximate surface area is 244 Å². The van der Waals surface area contributed by atoms with E-state index in [0.717, 1.165) is 6.54 Å². The lowest BCUT2D eigenvalue weighted by molar-refractivity contribution is -0.115. The molecule has 0 atom stereocenters. The van der Waals surface area contributed by atoms with Crippen molar-refractivity contribution < 1.29 is 13.6 Å². The van der Waals surface area contributed by atoms with E-state index < -0.39 is 11.6 Å². The van der Waals surface area contributed by atoms with Crippen LogP contribution in [-0.2, 0) is 4.79 Å². The van der Waals surface area contributed by atoms with Crippen LogP contribution < -0.4 is 10.6 Å². The van der Waals surface area contributed by atoms with Gasteiger partial charge in [-0.3, -0.25) is 24.8 Å². The van der Waals surface area contributed by atoms with Gasteiger partial charge in [-0.15, -0.1) is 0 Å². The fourth-order valence-electron chi connectivity index (χ4n) is 4.75. The number of imidazole rings is 1. The summed E-state index contributed by atoms with van der Waals surface area (Å²) >= 11 is 0. The average molecular weight is 583 g/mol. The maximum absolute atomic E-state index is 16.1. The summed E-state index contributed by atoms with van der Waals surface area (Å²) in [7, 11) is 3.93. The minimum atomic E-state index is -0.626. The summed E-state index contributed by atoms with van der Waals surface area (Å²) in [5, 5.41) is 13.3. The molecule has 4 N–H and O–H groups in total. The molecule has 5 aromatic heterocycles. The van der Waals surface area contributed by atoms with Crippen molar-refractivity contribution in [2.75, 3.05) is 37.8 Å². The van der Waals surface area contributed by atoms with Crippen molar-refractivity contribution in [3.8, 4) is 34.0 Å². The van der Waals surface area contributed by atoms with Crippen molar-refractivity contribution in [3.05, 3.63) is 66.8 Å². The Bertz CT molecular complexity index is 1970. The van der Waals surface area contributed by atoms with Gasteiger partial charge < -0.3 is 20.5 Å². The number of H-pyrrole nitrogens is 2. The molecule has 0 radical (unpaired) electrons. The van der Waals surface area contributed by atoms with Crippen LogP contribution in [0.3, 0.4) is 0 Å². The fraction of sp³-hybridized carbons (Fsp3) is 0.200. The SMILES string of the molecule is CCC(=O)Nc1cncc(-c2ncc3[nH]nc(-c4nc5c(-c6cc(F)cc(NCCN(C)C)c6)nccc5[nH]4)c3c2F)c1. The lowest BCUT2D eigenvalue weighted by Crippen LogP contribution is -2.20. The molecule has 6 aromatic rings. The molecule has 0 aliphatic rings. The highest BCUT2D eigenvalue weighted by Gasteiger charge is 2.22. The molecule has 0 unspecified atom stereocenters. The van der Waals surface area contributed by atoms with Crippen LogP contribution in [0.4, 0.5) is 20.2 Å². The number of anilines is 2. The van der Waals surface area contributed by atoms with Crippen molar-refractivity contribution in [3.63, 3.8) is 0 Å². The molecule has 43 heavy (non-hydrogen) atoms. The van der Waals surface area contributed by atoms with Crippen LogP contribution in [0.25, 0.3) is 56.0 Å². The van der Waals surface area contributed by atoms with Crippen molar-refractivity contribution in [1.29, 1.82) is 0 Å². The van der Waals surface area contributed by atoms with Gasteiger partial charge in [0, 0.05) is 48.7 Å². The molecule has 0 spiro atoms. The lowest BCUT2D eigenvalue weighted by Gasteiger charge is -2.12. The Kier molecular flexibility index (Phi) is 7.47. The topological polar surface area (TPSA) is 140 Å². The molecule has 218 valence electrons. The molecule has 0 fully saturated rings. The Hall–Kier alpha value is -5.30. The van der Waals surface area contributed by atoms with Gasteiger partial charge in [0.15, 0.2) is 11.6 Å². The van der Waals surface area contributed by atoms with Gasteiger partial charge in [-0.1, -0.05) is 6.92 Å². The molecule has 1 aromatic carbocycles. The van der Waals surface area contributed by atoms with Crippen LogP contribution in [0.2, 0.25) is 0 Å². The van der Waals surface area contributed by atoms with Gasteiger partial charge in [0.1, 0.15) is 22.7 Å². The first kappa shape index (κ1) is 27.8. The number of aromatic amines is 2. The number of carbonyl (C=O) groups is 1. The Morgan fingerprint density at radius 3 is 2.60 bits per heavy atom. The third kappa shape index (κ3) is 5.62. The number of amides is 1. The molecule has 5 heterocycles. The van der Waals surface area contributed by atoms with E-state index in [4.69, 9.17) is 4.98 Å². The summed E-state index contributed by atoms with van der Waals surface area (Å²) in [5.74, 6) is -0.921. The first-order valence-corrected chi connectivity index (χ1v) is 13.6. The number of rotatable bonds is 9. The first-order valence-electron chi connectivity index (χ1n) is 13.6. The standard InChI is InChI=1S/C30H28F2N10O/c1-4-23(43)37-20-11-17(13-33-14-20)26-25(32)24-22(15-36-26)40-41-29(24)30-38-21-5-6-35-27(28(21)39-30)16-9-18(31)12-19(10-16)34-7-8-42(2)3/h5-6,9-15,34H,4,7-8H2,1-3H3,(H,37,43)(H,38,39)(H,40,41). The fourth-order valence-corrected chi connectivity index (χ4v) is 4.75. The van der Waals surface area contributed by atoms with Crippen molar-refractivity contribution in [2.45, 2.75) is 13.3 Å². The molecule has 11 nitrogen and oxygen atoms in total. The molecule has 0 saturated heterocycles. The number of nitrogens with zero attached hydrogens (tertiary/aromatic N) is 6. The summed E-state index contributed by atoms with van der Waals surface area (Å²) in [4.78, 5) is 34.7. The molecule has 13 heteroatoms. The van der Waals surface area contributed by atoms with Crippen molar-refractivity contribution >= 4 is 39.2 Å². The molecule has 0 aliphatic heterocycles. The van der Waals surface area contributed by atoms with Crippen LogP contribution in [-0.4, -0.2) is 73.1 Å². The largest absolute Gasteiger partial charge is 0.384 e. The van der Waals surface area contributed by atoms with E-state index in [-0.39, 0.29) is 22.7 Å². The minimum absolute atomic E-state index is 0.0442. The molecule has 0 saturated carbocycles. The lowest BCUT2D eigenvalue weighted by atomic mass is 10.1. The van der Waals surface area contributed by atoms with Crippen molar-refractivity contribution in [2.24, 2.45) is 0 Å². The van der Waals surface area contributed by atoms with Crippen molar-refractivity contribution in [1.82, 2.24) is 40.0 Å². The second-order valence-electron chi connectivity index (χ2n) is 10.2. The number of benzene rings is 1. The summed E-state index contributed by atoms with van der Waals surface area (Å²) in [6.45, 7) is 3.16. The zero-order valence-electron chi connectivity index (χ0n) is 23.7. The van der Waals surface area contributed by atoms with Gasteiger partial charge in [-0.25, -0.2) is 13.8 Å². The zero-order chi connectivity index (χ0) is 30.1. The number of hydrogen-bond acceptors (Lipinski definition) is 8. The minimum Gasteiger partial charge on any atom is -0.384 e. The molecule has 1 amide bonds. The van der Waals surface area contributed by atoms with Gasteiger partial charge in [-0.05, 0) is 44.4 Å². The number of nitrogens with one attached hydrogen (secondary N) is 4. The maximum Gasteiger partial charge on any atom is 0.224 e. The normalized spacial score (nSPS) is 11.5. The number of pyridine rings is 3. The van der Waals surface area contributed by atoms with Gasteiger partial charge in [0.25, 0.3) is 0 Å². The predicted molar refractivity (Wildman–Crippen MR) is 161 cm³/mol. The van der Waals surface area contributed by atoms with Crippen LogP contribution in [0.1, 0.15) is 13.3 Å². The predicted octanol–water partition coefficient (Wildman–Crippen LogP) is 5.23. The molecular weight excluding hydrogens is 554 g/mol. The average Bonchev–Trinajstić information content (AvgIpc) is 3.62. The van der Waals surface area contributed by atoms with Gasteiger partial charge in [0.2, 0.25) is 5.91 Å². The molecule has 6 rings (SSSR count). The van der Waals surface area contributed by atoms with E-state index in [1.165, 1.54) is 30.7 Å². The third-order valence-electron chi connectivity index (χ3n) is 6.85. The second kappa shape index (κ2) is 11.5. The van der Waals surface area contributed by atoms with Gasteiger partial charge in [0.05, 0.1) is 40.2 Å². The number of halogens is 2. The monoisotopic (exact) mass is 582 g/mol. The van der Waals surface area contributed by atoms with Crippen LogP contribution in [0.5, 0.6) is 0 Å². The Morgan fingerprint density at radius 2 is 1.79 bits per heavy atom. The highest BCUT2D eigenvalue weighted by molar-refractivity contribution is 5.98. The molecular formula is C30H28F2N10O. The second-order valence-corrected chi connectivity index (χ2v) is 10.2. The number of likely N-dealkylation sites (N-methyl/N-ethyl adjacent to an activating group) is 1. The van der Waals surface area contributed by atoms with Crippen LogP contribution >= 0.6 is 0 Å². The molecule has 0 bridgehead atoms. The quantitative estimate of drug-likeness (QED) is 0.182. The number of carbonyl (C=O) groups excluding carboxylic acids is 1. The highest BCUT2D eigenvalue weighted by Crippen LogP contribution is 2.34. The molecule has 0 aliphatic carbocycles. The number of fused-ring (bicyclic) bond motifs is 2. The smallest absolute Gasteiger partial charge is 0.224 e. The van der Waals surface area contributed by atoms with E-state index >= 15 is 4.39 Å². The summed E-state index contributed by atoms with van der Waals surface area (Å²) < 4.78 is 30.7. The highest BCUT2D eigenvalue weighted by atomic mass is 19.1. The van der Waals surface area contributed by atoms with E-state index in [1.54, 1.807) is 25.3 Å².